The van der Waals surface area contributed by atoms with Gasteiger partial charge in [0.05, 0.1) is 11.8 Å². The Morgan fingerprint density at radius 3 is 2.79 bits per heavy atom. The smallest absolute Gasteiger partial charge is 0.382 e. The number of benzene rings is 1. The minimum atomic E-state index is -4.43. The zero-order valence-corrected chi connectivity index (χ0v) is 15.1. The summed E-state index contributed by atoms with van der Waals surface area (Å²) in [5.41, 5.74) is 5.32. The Kier molecular flexibility index (Phi) is 5.79. The number of thioether (sulfide) groups is 1. The van der Waals surface area contributed by atoms with Gasteiger partial charge in [0, 0.05) is 17.7 Å². The number of nitrogens with zero attached hydrogens (tertiary/aromatic N) is 5. The number of hydrogen-bond acceptors (Lipinski definition) is 8. The van der Waals surface area contributed by atoms with E-state index < -0.39 is 11.7 Å². The highest BCUT2D eigenvalue weighted by atomic mass is 32.2. The standard InChI is InChI=1S/C17H13F3N6OS/c18-17(19,20)12-4-1-3-10(7-12)15-24-13(27-26-15)5-2-6-28-16-23-9-11(8-21)14(22)25-16/h1,3-4,7,9H,2,5-6H2,(H2,22,23,25). The summed E-state index contributed by atoms with van der Waals surface area (Å²) in [5, 5.41) is 13.0. The van der Waals surface area contributed by atoms with Crippen LogP contribution in [-0.2, 0) is 12.6 Å². The van der Waals surface area contributed by atoms with E-state index >= 15 is 0 Å². The van der Waals surface area contributed by atoms with Crippen LogP contribution in [0.4, 0.5) is 19.0 Å². The van der Waals surface area contributed by atoms with E-state index in [0.29, 0.717) is 29.6 Å². The van der Waals surface area contributed by atoms with Crippen LogP contribution in [0.15, 0.2) is 40.1 Å². The molecule has 0 spiro atoms. The average molecular weight is 406 g/mol. The first-order valence-corrected chi connectivity index (χ1v) is 9.01. The zero-order valence-electron chi connectivity index (χ0n) is 14.3. The number of rotatable bonds is 6. The van der Waals surface area contributed by atoms with Crippen molar-refractivity contribution in [3.63, 3.8) is 0 Å². The van der Waals surface area contributed by atoms with Crippen LogP contribution in [0.1, 0.15) is 23.4 Å². The lowest BCUT2D eigenvalue weighted by Gasteiger charge is -2.06. The summed E-state index contributed by atoms with van der Waals surface area (Å²) in [6.07, 6.45) is -1.97. The predicted octanol–water partition coefficient (Wildman–Crippen LogP) is 3.72. The summed E-state index contributed by atoms with van der Waals surface area (Å²) in [7, 11) is 0. The molecule has 2 N–H and O–H groups in total. The van der Waals surface area contributed by atoms with Crippen molar-refractivity contribution < 1.29 is 17.7 Å². The predicted molar refractivity (Wildman–Crippen MR) is 94.9 cm³/mol. The Morgan fingerprint density at radius 1 is 1.25 bits per heavy atom. The van der Waals surface area contributed by atoms with Gasteiger partial charge in [0.2, 0.25) is 11.7 Å². The molecule has 3 aromatic rings. The highest BCUT2D eigenvalue weighted by molar-refractivity contribution is 7.99. The average Bonchev–Trinajstić information content (AvgIpc) is 3.14. The Bertz CT molecular complexity index is 1010. The van der Waals surface area contributed by atoms with Crippen LogP contribution >= 0.6 is 11.8 Å². The Morgan fingerprint density at radius 2 is 2.07 bits per heavy atom. The number of nitriles is 1. The number of aromatic nitrogens is 4. The van der Waals surface area contributed by atoms with Crippen LogP contribution in [0.25, 0.3) is 11.4 Å². The first-order valence-electron chi connectivity index (χ1n) is 8.02. The summed E-state index contributed by atoms with van der Waals surface area (Å²) < 4.78 is 43.5. The lowest BCUT2D eigenvalue weighted by atomic mass is 10.1. The van der Waals surface area contributed by atoms with Crippen molar-refractivity contribution in [2.45, 2.75) is 24.2 Å². The summed E-state index contributed by atoms with van der Waals surface area (Å²) in [6.45, 7) is 0. The van der Waals surface area contributed by atoms with Gasteiger partial charge in [-0.25, -0.2) is 9.97 Å². The molecule has 1 aromatic carbocycles. The van der Waals surface area contributed by atoms with E-state index in [9.17, 15) is 13.2 Å². The van der Waals surface area contributed by atoms with Gasteiger partial charge in [0.1, 0.15) is 17.5 Å². The maximum Gasteiger partial charge on any atom is 0.416 e. The fourth-order valence-corrected chi connectivity index (χ4v) is 2.99. The maximum absolute atomic E-state index is 12.8. The maximum atomic E-state index is 12.8. The van der Waals surface area contributed by atoms with Crippen LogP contribution in [0.2, 0.25) is 0 Å². The van der Waals surface area contributed by atoms with Crippen molar-refractivity contribution in [2.75, 3.05) is 11.5 Å². The monoisotopic (exact) mass is 406 g/mol. The minimum Gasteiger partial charge on any atom is -0.382 e. The molecular formula is C17H13F3N6OS. The van der Waals surface area contributed by atoms with E-state index in [1.165, 1.54) is 30.1 Å². The Balaban J connectivity index is 1.56. The number of hydrogen-bond donors (Lipinski definition) is 1. The van der Waals surface area contributed by atoms with Crippen LogP contribution in [-0.4, -0.2) is 25.9 Å². The number of alkyl halides is 3. The number of halogens is 3. The number of nitrogens with two attached hydrogens (primary N) is 1. The van der Waals surface area contributed by atoms with Crippen molar-refractivity contribution in [3.05, 3.63) is 47.5 Å². The molecule has 0 unspecified atom stereocenters. The second-order valence-corrected chi connectivity index (χ2v) is 6.67. The highest BCUT2D eigenvalue weighted by Gasteiger charge is 2.30. The van der Waals surface area contributed by atoms with Crippen molar-refractivity contribution in [2.24, 2.45) is 0 Å². The lowest BCUT2D eigenvalue weighted by Crippen LogP contribution is -2.04. The molecule has 0 aliphatic rings. The fourth-order valence-electron chi connectivity index (χ4n) is 2.23. The summed E-state index contributed by atoms with van der Waals surface area (Å²) in [6, 6.07) is 6.65. The van der Waals surface area contributed by atoms with E-state index in [2.05, 4.69) is 20.1 Å². The molecule has 0 atom stereocenters. The molecular weight excluding hydrogens is 393 g/mol. The van der Waals surface area contributed by atoms with Gasteiger partial charge in [0.15, 0.2) is 5.16 Å². The molecule has 0 bridgehead atoms. The zero-order chi connectivity index (χ0) is 20.1. The molecule has 2 aromatic heterocycles. The third kappa shape index (κ3) is 4.77. The van der Waals surface area contributed by atoms with E-state index in [-0.39, 0.29) is 22.8 Å². The second-order valence-electron chi connectivity index (χ2n) is 5.61. The molecule has 3 rings (SSSR count). The third-order valence-corrected chi connectivity index (χ3v) is 4.55. The van der Waals surface area contributed by atoms with Crippen LogP contribution < -0.4 is 5.73 Å². The van der Waals surface area contributed by atoms with E-state index in [1.54, 1.807) is 0 Å². The van der Waals surface area contributed by atoms with Gasteiger partial charge in [-0.05, 0) is 18.6 Å². The van der Waals surface area contributed by atoms with Gasteiger partial charge in [-0.1, -0.05) is 29.1 Å². The topological polar surface area (TPSA) is 115 Å². The number of anilines is 1. The Hall–Kier alpha value is -3.13. The lowest BCUT2D eigenvalue weighted by molar-refractivity contribution is -0.137. The highest BCUT2D eigenvalue weighted by Crippen LogP contribution is 2.31. The molecule has 0 aliphatic heterocycles. The van der Waals surface area contributed by atoms with Crippen molar-refractivity contribution in [1.82, 2.24) is 20.1 Å². The molecule has 28 heavy (non-hydrogen) atoms. The number of aryl methyl sites for hydroxylation is 1. The molecule has 2 heterocycles. The third-order valence-electron chi connectivity index (χ3n) is 3.60. The van der Waals surface area contributed by atoms with Crippen LogP contribution in [0, 0.1) is 11.3 Å². The molecule has 0 saturated heterocycles. The first-order chi connectivity index (χ1) is 13.4. The van der Waals surface area contributed by atoms with E-state index in [0.717, 1.165) is 12.1 Å². The molecule has 11 heteroatoms. The SMILES string of the molecule is N#Cc1cnc(SCCCc2nc(-c3cccc(C(F)(F)F)c3)no2)nc1N. The molecule has 7 nitrogen and oxygen atoms in total. The van der Waals surface area contributed by atoms with Gasteiger partial charge in [-0.2, -0.15) is 23.4 Å². The van der Waals surface area contributed by atoms with Crippen LogP contribution in [0.3, 0.4) is 0 Å². The fraction of sp³-hybridized carbons (Fsp3) is 0.235. The molecule has 0 radical (unpaired) electrons. The van der Waals surface area contributed by atoms with Crippen LogP contribution in [0.5, 0.6) is 0 Å². The summed E-state index contributed by atoms with van der Waals surface area (Å²) >= 11 is 1.35. The summed E-state index contributed by atoms with van der Waals surface area (Å²) in [5.74, 6) is 1.19. The molecule has 0 aliphatic carbocycles. The van der Waals surface area contributed by atoms with Gasteiger partial charge >= 0.3 is 6.18 Å². The summed E-state index contributed by atoms with van der Waals surface area (Å²) in [4.78, 5) is 12.2. The van der Waals surface area contributed by atoms with E-state index in [4.69, 9.17) is 15.5 Å². The van der Waals surface area contributed by atoms with E-state index in [1.807, 2.05) is 6.07 Å². The quantitative estimate of drug-likeness (QED) is 0.374. The molecule has 144 valence electrons. The first kappa shape index (κ1) is 19.6. The van der Waals surface area contributed by atoms with Gasteiger partial charge in [0.25, 0.3) is 0 Å². The molecule has 0 saturated carbocycles. The van der Waals surface area contributed by atoms with Crippen molar-refractivity contribution >= 4 is 17.6 Å². The molecule has 0 amide bonds. The van der Waals surface area contributed by atoms with Crippen molar-refractivity contribution in [1.29, 1.82) is 5.26 Å². The minimum absolute atomic E-state index is 0.108. The van der Waals surface area contributed by atoms with Gasteiger partial charge in [-0.15, -0.1) is 0 Å². The Labute approximate surface area is 161 Å². The largest absolute Gasteiger partial charge is 0.416 e. The normalized spacial score (nSPS) is 11.4. The number of nitrogen functional groups attached to an aromatic ring is 1. The van der Waals surface area contributed by atoms with Crippen molar-refractivity contribution in [3.8, 4) is 17.5 Å². The second kappa shape index (κ2) is 8.26. The molecule has 0 fully saturated rings. The van der Waals surface area contributed by atoms with Gasteiger partial charge < -0.3 is 10.3 Å². The van der Waals surface area contributed by atoms with Gasteiger partial charge in [-0.3, -0.25) is 0 Å².